The fourth-order valence-corrected chi connectivity index (χ4v) is 2.88. The van der Waals surface area contributed by atoms with Crippen molar-refractivity contribution in [1.82, 2.24) is 0 Å². The zero-order valence-electron chi connectivity index (χ0n) is 16.5. The van der Waals surface area contributed by atoms with Crippen LogP contribution in [0, 0.1) is 0 Å². The van der Waals surface area contributed by atoms with Crippen molar-refractivity contribution in [3.8, 4) is 0 Å². The molecule has 0 atom stereocenters. The van der Waals surface area contributed by atoms with Crippen LogP contribution in [-0.4, -0.2) is 11.7 Å². The predicted molar refractivity (Wildman–Crippen MR) is 115 cm³/mol. The van der Waals surface area contributed by atoms with E-state index < -0.39 is 17.5 Å². The van der Waals surface area contributed by atoms with Crippen LogP contribution in [0.1, 0.15) is 28.4 Å². The highest BCUT2D eigenvalue weighted by Gasteiger charge is 2.30. The maximum atomic E-state index is 12.8. The van der Waals surface area contributed by atoms with Gasteiger partial charge in [0.1, 0.15) is 0 Å². The minimum atomic E-state index is -4.47. The van der Waals surface area contributed by atoms with Crippen molar-refractivity contribution < 1.29 is 22.8 Å². The van der Waals surface area contributed by atoms with Crippen molar-refractivity contribution in [1.29, 1.82) is 0 Å². The van der Waals surface area contributed by atoms with Gasteiger partial charge in [-0.25, -0.2) is 0 Å². The summed E-state index contributed by atoms with van der Waals surface area (Å²) in [7, 11) is 0. The Morgan fingerprint density at radius 1 is 0.742 bits per heavy atom. The van der Waals surface area contributed by atoms with E-state index in [4.69, 9.17) is 0 Å². The van der Waals surface area contributed by atoms with Crippen LogP contribution in [0.4, 0.5) is 24.5 Å². The predicted octanol–water partition coefficient (Wildman–Crippen LogP) is 6.00. The molecule has 3 aromatic rings. The lowest BCUT2D eigenvalue weighted by atomic mass is 10.0. The number of rotatable bonds is 6. The number of anilines is 2. The Kier molecular flexibility index (Phi) is 6.55. The third-order valence-corrected chi connectivity index (χ3v) is 4.36. The van der Waals surface area contributed by atoms with E-state index in [0.717, 1.165) is 24.3 Å². The van der Waals surface area contributed by atoms with Gasteiger partial charge in [-0.2, -0.15) is 13.2 Å². The first-order valence-electron chi connectivity index (χ1n) is 9.36. The Hall–Kier alpha value is -3.87. The van der Waals surface area contributed by atoms with Crippen LogP contribution in [0.2, 0.25) is 0 Å². The molecule has 158 valence electrons. The van der Waals surface area contributed by atoms with Gasteiger partial charge < -0.3 is 10.6 Å². The molecule has 2 N–H and O–H groups in total. The standard InChI is InChI=1S/C24H19F3N2O2/c1-16(30)28-20-9-5-6-10-21(20)29-22(17-7-3-2-4-8-17)15-23(31)18-11-13-19(14-12-18)24(25,26)27/h2-15,29H,1H3,(H,28,30). The zero-order chi connectivity index (χ0) is 22.4. The normalized spacial score (nSPS) is 11.7. The summed E-state index contributed by atoms with van der Waals surface area (Å²) >= 11 is 0. The Balaban J connectivity index is 1.96. The first kappa shape index (κ1) is 21.8. The summed E-state index contributed by atoms with van der Waals surface area (Å²) < 4.78 is 38.4. The number of benzene rings is 3. The summed E-state index contributed by atoms with van der Waals surface area (Å²) in [6.07, 6.45) is -3.15. The van der Waals surface area contributed by atoms with Crippen molar-refractivity contribution >= 4 is 28.8 Å². The first-order chi connectivity index (χ1) is 14.7. The van der Waals surface area contributed by atoms with Crippen LogP contribution in [0.25, 0.3) is 5.70 Å². The van der Waals surface area contributed by atoms with Crippen molar-refractivity contribution in [3.63, 3.8) is 0 Å². The summed E-state index contributed by atoms with van der Waals surface area (Å²) in [4.78, 5) is 24.3. The molecule has 1 amide bonds. The highest BCUT2D eigenvalue weighted by atomic mass is 19.4. The fraction of sp³-hybridized carbons (Fsp3) is 0.0833. The molecule has 0 bridgehead atoms. The number of allylic oxidation sites excluding steroid dienone is 1. The molecule has 0 aliphatic heterocycles. The van der Waals surface area contributed by atoms with E-state index in [1.807, 2.05) is 6.07 Å². The van der Waals surface area contributed by atoms with Crippen molar-refractivity contribution in [3.05, 3.63) is 102 Å². The molecule has 0 aliphatic rings. The van der Waals surface area contributed by atoms with Crippen LogP contribution in [0.15, 0.2) is 84.9 Å². The zero-order valence-corrected chi connectivity index (χ0v) is 16.5. The number of nitrogens with one attached hydrogen (secondary N) is 2. The summed E-state index contributed by atoms with van der Waals surface area (Å²) in [5, 5.41) is 5.87. The number of carbonyl (C=O) groups excluding carboxylic acids is 2. The third-order valence-electron chi connectivity index (χ3n) is 4.36. The summed E-state index contributed by atoms with van der Waals surface area (Å²) in [5.74, 6) is -0.711. The highest BCUT2D eigenvalue weighted by Crippen LogP contribution is 2.30. The molecule has 0 aliphatic carbocycles. The molecule has 0 fully saturated rings. The van der Waals surface area contributed by atoms with E-state index in [9.17, 15) is 22.8 Å². The second-order valence-corrected chi connectivity index (χ2v) is 6.72. The average molecular weight is 424 g/mol. The van der Waals surface area contributed by atoms with Crippen molar-refractivity contribution in [2.24, 2.45) is 0 Å². The number of halogens is 3. The second-order valence-electron chi connectivity index (χ2n) is 6.72. The molecule has 0 heterocycles. The average Bonchev–Trinajstić information content (AvgIpc) is 2.74. The van der Waals surface area contributed by atoms with Gasteiger partial charge in [-0.1, -0.05) is 54.6 Å². The molecular formula is C24H19F3N2O2. The van der Waals surface area contributed by atoms with Crippen LogP contribution in [0.5, 0.6) is 0 Å². The third kappa shape index (κ3) is 5.82. The van der Waals surface area contributed by atoms with E-state index in [2.05, 4.69) is 10.6 Å². The Labute approximate surface area is 177 Å². The fourth-order valence-electron chi connectivity index (χ4n) is 2.88. The Morgan fingerprint density at radius 2 is 1.29 bits per heavy atom. The van der Waals surface area contributed by atoms with Gasteiger partial charge in [-0.05, 0) is 29.8 Å². The van der Waals surface area contributed by atoms with Crippen LogP contribution >= 0.6 is 0 Å². The second kappa shape index (κ2) is 9.30. The highest BCUT2D eigenvalue weighted by molar-refractivity contribution is 6.10. The molecular weight excluding hydrogens is 405 g/mol. The lowest BCUT2D eigenvalue weighted by molar-refractivity contribution is -0.137. The van der Waals surface area contributed by atoms with Gasteiger partial charge in [-0.15, -0.1) is 0 Å². The van der Waals surface area contributed by atoms with Crippen molar-refractivity contribution in [2.75, 3.05) is 10.6 Å². The largest absolute Gasteiger partial charge is 0.416 e. The molecule has 7 heteroatoms. The maximum Gasteiger partial charge on any atom is 0.416 e. The molecule has 0 saturated heterocycles. The van der Waals surface area contributed by atoms with Gasteiger partial charge in [0.2, 0.25) is 5.91 Å². The van der Waals surface area contributed by atoms with Crippen LogP contribution in [0.3, 0.4) is 0 Å². The molecule has 0 aromatic heterocycles. The number of hydrogen-bond acceptors (Lipinski definition) is 3. The smallest absolute Gasteiger partial charge is 0.353 e. The molecule has 0 unspecified atom stereocenters. The lowest BCUT2D eigenvalue weighted by Gasteiger charge is -2.15. The van der Waals surface area contributed by atoms with E-state index >= 15 is 0 Å². The van der Waals surface area contributed by atoms with Gasteiger partial charge in [0, 0.05) is 24.3 Å². The van der Waals surface area contributed by atoms with Gasteiger partial charge >= 0.3 is 6.18 Å². The molecule has 3 aromatic carbocycles. The molecule has 3 rings (SSSR count). The summed E-state index contributed by atoms with van der Waals surface area (Å²) in [5.41, 5.74) is 1.52. The molecule has 31 heavy (non-hydrogen) atoms. The number of hydrogen-bond donors (Lipinski definition) is 2. The van der Waals surface area contributed by atoms with Gasteiger partial charge in [0.05, 0.1) is 16.9 Å². The molecule has 4 nitrogen and oxygen atoms in total. The molecule has 0 saturated carbocycles. The SMILES string of the molecule is CC(=O)Nc1ccccc1NC(=CC(=O)c1ccc(C(F)(F)F)cc1)c1ccccc1. The van der Waals surface area contributed by atoms with Gasteiger partial charge in [0.25, 0.3) is 0 Å². The summed E-state index contributed by atoms with van der Waals surface area (Å²) in [6, 6.07) is 20.0. The molecule has 0 radical (unpaired) electrons. The van der Waals surface area contributed by atoms with E-state index in [1.165, 1.54) is 13.0 Å². The minimum absolute atomic E-state index is 0.123. The minimum Gasteiger partial charge on any atom is -0.353 e. The maximum absolute atomic E-state index is 12.8. The van der Waals surface area contributed by atoms with E-state index in [1.54, 1.807) is 48.5 Å². The number of ketones is 1. The molecule has 0 spiro atoms. The van der Waals surface area contributed by atoms with Crippen LogP contribution < -0.4 is 10.6 Å². The Bertz CT molecular complexity index is 1110. The van der Waals surface area contributed by atoms with Gasteiger partial charge in [-0.3, -0.25) is 9.59 Å². The number of amides is 1. The summed E-state index contributed by atoms with van der Waals surface area (Å²) in [6.45, 7) is 1.39. The van der Waals surface area contributed by atoms with E-state index in [-0.39, 0.29) is 11.5 Å². The monoisotopic (exact) mass is 424 g/mol. The number of alkyl halides is 3. The topological polar surface area (TPSA) is 58.2 Å². The quantitative estimate of drug-likeness (QED) is 0.377. The Morgan fingerprint density at radius 3 is 1.84 bits per heavy atom. The first-order valence-corrected chi connectivity index (χ1v) is 9.36. The number of carbonyl (C=O) groups is 2. The van der Waals surface area contributed by atoms with Crippen LogP contribution in [-0.2, 0) is 11.0 Å². The number of para-hydroxylation sites is 2. The van der Waals surface area contributed by atoms with Crippen molar-refractivity contribution in [2.45, 2.75) is 13.1 Å². The van der Waals surface area contributed by atoms with Gasteiger partial charge in [0.15, 0.2) is 5.78 Å². The lowest BCUT2D eigenvalue weighted by Crippen LogP contribution is -2.10. The van der Waals surface area contributed by atoms with E-state index in [0.29, 0.717) is 22.6 Å².